The molecule has 2 N–H and O–H groups in total. The fourth-order valence-corrected chi connectivity index (χ4v) is 2.95. The lowest BCUT2D eigenvalue weighted by atomic mass is 10.2. The molecule has 1 heterocycles. The maximum Gasteiger partial charge on any atom is 0.144 e. The third-order valence-electron chi connectivity index (χ3n) is 2.50. The summed E-state index contributed by atoms with van der Waals surface area (Å²) < 4.78 is 14.2. The van der Waals surface area contributed by atoms with E-state index in [9.17, 15) is 4.39 Å². The van der Waals surface area contributed by atoms with Gasteiger partial charge in [0.2, 0.25) is 0 Å². The van der Waals surface area contributed by atoms with Crippen molar-refractivity contribution in [2.75, 3.05) is 17.7 Å². The molecule has 0 bridgehead atoms. The minimum absolute atomic E-state index is 0.0313. The molecule has 0 fully saturated rings. The summed E-state index contributed by atoms with van der Waals surface area (Å²) in [4.78, 5) is 2.94. The molecular weight excluding hydrogens is 294 g/mol. The topological polar surface area (TPSA) is 29.3 Å². The zero-order chi connectivity index (χ0) is 13.3. The van der Waals surface area contributed by atoms with Crippen LogP contribution in [0, 0.1) is 5.82 Å². The van der Waals surface area contributed by atoms with Crippen molar-refractivity contribution < 1.29 is 4.39 Å². The van der Waals surface area contributed by atoms with Crippen molar-refractivity contribution in [3.05, 3.63) is 44.3 Å². The first kappa shape index (κ1) is 13.5. The number of rotatable bonds is 3. The molecule has 2 nitrogen and oxygen atoms in total. The summed E-state index contributed by atoms with van der Waals surface area (Å²) in [6.07, 6.45) is 0. The minimum atomic E-state index is -0.475. The third kappa shape index (κ3) is 2.88. The summed E-state index contributed by atoms with van der Waals surface area (Å²) >= 11 is 13.0. The van der Waals surface area contributed by atoms with E-state index < -0.39 is 5.82 Å². The lowest BCUT2D eigenvalue weighted by Gasteiger charge is -2.20. The van der Waals surface area contributed by atoms with Crippen LogP contribution in [0.25, 0.3) is 0 Å². The smallest absolute Gasteiger partial charge is 0.144 e. The van der Waals surface area contributed by atoms with Crippen LogP contribution in [0.4, 0.5) is 15.8 Å². The molecule has 18 heavy (non-hydrogen) atoms. The van der Waals surface area contributed by atoms with Crippen molar-refractivity contribution in [3.63, 3.8) is 0 Å². The van der Waals surface area contributed by atoms with E-state index in [1.54, 1.807) is 0 Å². The average Bonchev–Trinajstić information content (AvgIpc) is 2.69. The van der Waals surface area contributed by atoms with Gasteiger partial charge in [-0.25, -0.2) is 4.39 Å². The lowest BCUT2D eigenvalue weighted by molar-refractivity contribution is 0.628. The molecule has 0 spiro atoms. The summed E-state index contributed by atoms with van der Waals surface area (Å²) in [5.41, 5.74) is 6.90. The van der Waals surface area contributed by atoms with Crippen LogP contribution in [-0.4, -0.2) is 7.05 Å². The molecule has 0 amide bonds. The van der Waals surface area contributed by atoms with Gasteiger partial charge in [-0.15, -0.1) is 11.3 Å². The number of thiophene rings is 1. The molecule has 2 aromatic rings. The monoisotopic (exact) mass is 304 g/mol. The van der Waals surface area contributed by atoms with Gasteiger partial charge in [0.05, 0.1) is 27.3 Å². The van der Waals surface area contributed by atoms with E-state index in [0.29, 0.717) is 17.9 Å². The van der Waals surface area contributed by atoms with Crippen LogP contribution in [-0.2, 0) is 6.54 Å². The van der Waals surface area contributed by atoms with Crippen LogP contribution in [0.15, 0.2) is 24.3 Å². The van der Waals surface area contributed by atoms with Gasteiger partial charge in [0.15, 0.2) is 0 Å². The summed E-state index contributed by atoms with van der Waals surface area (Å²) in [6.45, 7) is 0.614. The molecule has 1 aromatic heterocycles. The van der Waals surface area contributed by atoms with Gasteiger partial charge in [-0.3, -0.25) is 0 Å². The van der Waals surface area contributed by atoms with Crippen LogP contribution in [0.2, 0.25) is 9.36 Å². The number of hydrogen-bond acceptors (Lipinski definition) is 3. The number of anilines is 2. The molecule has 0 saturated heterocycles. The molecule has 0 aliphatic rings. The molecule has 0 unspecified atom stereocenters. The van der Waals surface area contributed by atoms with Crippen LogP contribution in [0.3, 0.4) is 0 Å². The molecule has 0 radical (unpaired) electrons. The minimum Gasteiger partial charge on any atom is -0.397 e. The Morgan fingerprint density at radius 1 is 1.33 bits per heavy atom. The largest absolute Gasteiger partial charge is 0.397 e. The Balaban J connectivity index is 2.23. The fourth-order valence-electron chi connectivity index (χ4n) is 1.64. The van der Waals surface area contributed by atoms with Gasteiger partial charge in [-0.05, 0) is 18.2 Å². The highest BCUT2D eigenvalue weighted by Gasteiger charge is 2.11. The molecule has 6 heteroatoms. The molecule has 0 atom stereocenters. The summed E-state index contributed by atoms with van der Waals surface area (Å²) in [6, 6.07) is 6.53. The summed E-state index contributed by atoms with van der Waals surface area (Å²) in [7, 11) is 1.84. The summed E-state index contributed by atoms with van der Waals surface area (Å²) in [5, 5.41) is 0.0313. The number of nitrogen functional groups attached to an aromatic ring is 1. The Morgan fingerprint density at radius 2 is 2.06 bits per heavy atom. The number of halogens is 3. The van der Waals surface area contributed by atoms with Crippen molar-refractivity contribution in [2.45, 2.75) is 6.54 Å². The fraction of sp³-hybridized carbons (Fsp3) is 0.167. The SMILES string of the molecule is CN(Cc1ccc(Cl)s1)c1cc(F)c(Cl)cc1N. The van der Waals surface area contributed by atoms with Gasteiger partial charge < -0.3 is 10.6 Å². The molecule has 1 aromatic carbocycles. The highest BCUT2D eigenvalue weighted by Crippen LogP contribution is 2.30. The second-order valence-electron chi connectivity index (χ2n) is 3.89. The van der Waals surface area contributed by atoms with Crippen molar-refractivity contribution in [2.24, 2.45) is 0 Å². The van der Waals surface area contributed by atoms with Crippen LogP contribution in [0.1, 0.15) is 4.88 Å². The highest BCUT2D eigenvalue weighted by molar-refractivity contribution is 7.16. The molecule has 0 aliphatic heterocycles. The van der Waals surface area contributed by atoms with Crippen LogP contribution in [0.5, 0.6) is 0 Å². The molecule has 96 valence electrons. The molecule has 2 rings (SSSR count). The van der Waals surface area contributed by atoms with Crippen molar-refractivity contribution >= 4 is 45.9 Å². The first-order chi connectivity index (χ1) is 8.47. The number of nitrogens with two attached hydrogens (primary N) is 1. The van der Waals surface area contributed by atoms with Gasteiger partial charge >= 0.3 is 0 Å². The second kappa shape index (κ2) is 5.34. The number of benzene rings is 1. The van der Waals surface area contributed by atoms with E-state index in [0.717, 1.165) is 9.21 Å². The van der Waals surface area contributed by atoms with E-state index in [1.807, 2.05) is 24.1 Å². The second-order valence-corrected chi connectivity index (χ2v) is 6.09. The van der Waals surface area contributed by atoms with E-state index in [-0.39, 0.29) is 5.02 Å². The number of nitrogens with zero attached hydrogens (tertiary/aromatic N) is 1. The molecular formula is C12H11Cl2FN2S. The van der Waals surface area contributed by atoms with E-state index in [2.05, 4.69) is 0 Å². The maximum atomic E-state index is 13.4. The standard InChI is InChI=1S/C12H11Cl2FN2S/c1-17(6-7-2-3-12(14)18-7)11-5-9(15)8(13)4-10(11)16/h2-5H,6,16H2,1H3. The van der Waals surface area contributed by atoms with Gasteiger partial charge in [0.1, 0.15) is 5.82 Å². The Hall–Kier alpha value is -0.970. The predicted molar refractivity (Wildman–Crippen MR) is 77.3 cm³/mol. The Morgan fingerprint density at radius 3 is 2.67 bits per heavy atom. The van der Waals surface area contributed by atoms with Gasteiger partial charge in [0.25, 0.3) is 0 Å². The highest BCUT2D eigenvalue weighted by atomic mass is 35.5. The molecule has 0 aliphatic carbocycles. The Labute approximate surface area is 119 Å². The maximum absolute atomic E-state index is 13.4. The zero-order valence-corrected chi connectivity index (χ0v) is 11.9. The van der Waals surface area contributed by atoms with Crippen molar-refractivity contribution in [3.8, 4) is 0 Å². The first-order valence-electron chi connectivity index (χ1n) is 5.17. The van der Waals surface area contributed by atoms with Gasteiger partial charge in [0, 0.05) is 18.0 Å². The van der Waals surface area contributed by atoms with Gasteiger partial charge in [-0.1, -0.05) is 23.2 Å². The average molecular weight is 305 g/mol. The first-order valence-corrected chi connectivity index (χ1v) is 6.74. The normalized spacial score (nSPS) is 10.7. The summed E-state index contributed by atoms with van der Waals surface area (Å²) in [5.74, 6) is -0.475. The van der Waals surface area contributed by atoms with E-state index >= 15 is 0 Å². The van der Waals surface area contributed by atoms with Crippen molar-refractivity contribution in [1.29, 1.82) is 0 Å². The quantitative estimate of drug-likeness (QED) is 0.851. The zero-order valence-electron chi connectivity index (χ0n) is 9.58. The molecule has 0 saturated carbocycles. The Bertz CT molecular complexity index is 571. The van der Waals surface area contributed by atoms with Crippen LogP contribution < -0.4 is 10.6 Å². The number of hydrogen-bond donors (Lipinski definition) is 1. The van der Waals surface area contributed by atoms with E-state index in [1.165, 1.54) is 23.5 Å². The van der Waals surface area contributed by atoms with Crippen molar-refractivity contribution in [1.82, 2.24) is 0 Å². The Kier molecular flexibility index (Phi) is 4.00. The van der Waals surface area contributed by atoms with Crippen LogP contribution >= 0.6 is 34.5 Å². The predicted octanol–water partition coefficient (Wildman–Crippen LogP) is 4.41. The van der Waals surface area contributed by atoms with Gasteiger partial charge in [-0.2, -0.15) is 0 Å². The lowest BCUT2D eigenvalue weighted by Crippen LogP contribution is -2.17. The third-order valence-corrected chi connectivity index (χ3v) is 4.01. The van der Waals surface area contributed by atoms with E-state index in [4.69, 9.17) is 28.9 Å².